The van der Waals surface area contributed by atoms with Crippen LogP contribution in [-0.4, -0.2) is 24.4 Å². The van der Waals surface area contributed by atoms with Crippen molar-refractivity contribution in [2.45, 2.75) is 24.0 Å². The second-order valence-electron chi connectivity index (χ2n) is 15.1. The molecule has 0 saturated heterocycles. The van der Waals surface area contributed by atoms with Gasteiger partial charge in [-0.25, -0.2) is 0 Å². The molecule has 8 aromatic rings. The molecule has 8 aromatic carbocycles. The molecular weight excluding hydrogens is 761 g/mol. The summed E-state index contributed by atoms with van der Waals surface area (Å²) >= 11 is 0. The summed E-state index contributed by atoms with van der Waals surface area (Å²) in [5, 5.41) is 19.9. The fraction of sp³-hybridized carbons (Fsp3) is 0.103. The molecule has 302 valence electrons. The predicted octanol–water partition coefficient (Wildman–Crippen LogP) is 11.1. The minimum Gasteiger partial charge on any atom is -0.497 e. The molecule has 62 heavy (non-hydrogen) atoms. The number of hydrogen-bond donors (Lipinski definition) is 2. The lowest BCUT2D eigenvalue weighted by molar-refractivity contribution is 0.281. The van der Waals surface area contributed by atoms with E-state index in [2.05, 4.69) is 121 Å². The van der Waals surface area contributed by atoms with Gasteiger partial charge < -0.3 is 19.7 Å². The summed E-state index contributed by atoms with van der Waals surface area (Å²) in [6, 6.07) is 69.7. The van der Waals surface area contributed by atoms with E-state index < -0.39 is 10.8 Å². The second-order valence-corrected chi connectivity index (χ2v) is 15.1. The van der Waals surface area contributed by atoms with Crippen molar-refractivity contribution in [3.8, 4) is 46.3 Å². The largest absolute Gasteiger partial charge is 0.497 e. The van der Waals surface area contributed by atoms with Gasteiger partial charge in [0, 0.05) is 11.1 Å². The first-order chi connectivity index (χ1) is 30.5. The van der Waals surface area contributed by atoms with Crippen molar-refractivity contribution in [1.82, 2.24) is 0 Å². The van der Waals surface area contributed by atoms with Gasteiger partial charge in [-0.1, -0.05) is 181 Å². The van der Waals surface area contributed by atoms with Crippen molar-refractivity contribution in [3.05, 3.63) is 262 Å². The number of methoxy groups -OCH3 is 2. The van der Waals surface area contributed by atoms with E-state index >= 15 is 0 Å². The predicted molar refractivity (Wildman–Crippen MR) is 249 cm³/mol. The summed E-state index contributed by atoms with van der Waals surface area (Å²) in [7, 11) is 3.34. The molecule has 8 rings (SSSR count). The number of rotatable bonds is 11. The molecule has 2 unspecified atom stereocenters. The molecule has 0 aliphatic heterocycles. The standard InChI is InChI=1S/C58H46O4/c1-61-55-33-29-53(30-34-55)57(39-37-43-9-5-3-6-10-43,49-21-13-45(41-59)14-22-49)51-25-17-47(18-26-51)48-19-27-52(28-20-48)58(40-38-44-11-7-4-8-12-44,50-23-15-46(42-60)16-24-50)54-31-35-56(62-2)36-32-54/h3-36,59-60H,41-42H2,1-2H3. The van der Waals surface area contributed by atoms with Gasteiger partial charge in [-0.2, -0.15) is 0 Å². The Kier molecular flexibility index (Phi) is 12.5. The Morgan fingerprint density at radius 3 is 0.903 bits per heavy atom. The van der Waals surface area contributed by atoms with Crippen LogP contribution < -0.4 is 9.47 Å². The van der Waals surface area contributed by atoms with E-state index in [9.17, 15) is 10.2 Å². The van der Waals surface area contributed by atoms with E-state index in [4.69, 9.17) is 9.47 Å². The average Bonchev–Trinajstić information content (AvgIpc) is 3.36. The molecule has 0 radical (unpaired) electrons. The van der Waals surface area contributed by atoms with Gasteiger partial charge in [0.15, 0.2) is 0 Å². The van der Waals surface area contributed by atoms with Gasteiger partial charge in [0.25, 0.3) is 0 Å². The molecule has 0 saturated carbocycles. The quantitative estimate of drug-likeness (QED) is 0.101. The maximum Gasteiger partial charge on any atom is 0.118 e. The highest BCUT2D eigenvalue weighted by Gasteiger charge is 2.37. The second kappa shape index (κ2) is 18.8. The van der Waals surface area contributed by atoms with E-state index in [0.717, 1.165) is 78.3 Å². The van der Waals surface area contributed by atoms with Gasteiger partial charge >= 0.3 is 0 Å². The summed E-state index contributed by atoms with van der Waals surface area (Å²) in [4.78, 5) is 0. The smallest absolute Gasteiger partial charge is 0.118 e. The maximum atomic E-state index is 9.94. The summed E-state index contributed by atoms with van der Waals surface area (Å²) in [6.07, 6.45) is 0. The van der Waals surface area contributed by atoms with Crippen molar-refractivity contribution in [1.29, 1.82) is 0 Å². The Balaban J connectivity index is 1.26. The Hall–Kier alpha value is -7.60. The number of ether oxygens (including phenoxy) is 2. The first-order valence-corrected chi connectivity index (χ1v) is 20.6. The van der Waals surface area contributed by atoms with Crippen molar-refractivity contribution >= 4 is 0 Å². The van der Waals surface area contributed by atoms with E-state index in [0.29, 0.717) is 0 Å². The summed E-state index contributed by atoms with van der Waals surface area (Å²) in [6.45, 7) is -0.0917. The van der Waals surface area contributed by atoms with E-state index in [1.165, 1.54) is 0 Å². The van der Waals surface area contributed by atoms with Gasteiger partial charge in [-0.3, -0.25) is 0 Å². The minimum absolute atomic E-state index is 0.0458. The molecule has 0 bridgehead atoms. The minimum atomic E-state index is -0.862. The monoisotopic (exact) mass is 806 g/mol. The van der Waals surface area contributed by atoms with E-state index in [1.54, 1.807) is 14.2 Å². The molecule has 2 atom stereocenters. The zero-order valence-electron chi connectivity index (χ0n) is 34.8. The zero-order valence-corrected chi connectivity index (χ0v) is 34.8. The Morgan fingerprint density at radius 1 is 0.355 bits per heavy atom. The molecule has 0 aromatic heterocycles. The topological polar surface area (TPSA) is 58.9 Å². The number of aliphatic hydroxyl groups is 2. The Labute approximate surface area is 364 Å². The van der Waals surface area contributed by atoms with Crippen LogP contribution in [0, 0.1) is 23.7 Å². The van der Waals surface area contributed by atoms with Crippen LogP contribution in [0.1, 0.15) is 55.6 Å². The third-order valence-corrected chi connectivity index (χ3v) is 11.5. The molecule has 0 aliphatic rings. The third kappa shape index (κ3) is 8.40. The molecule has 0 fully saturated rings. The number of hydrogen-bond acceptors (Lipinski definition) is 4. The van der Waals surface area contributed by atoms with E-state index in [-0.39, 0.29) is 13.2 Å². The van der Waals surface area contributed by atoms with Gasteiger partial charge in [-0.05, 0) is 104 Å². The van der Waals surface area contributed by atoms with Crippen LogP contribution in [0.3, 0.4) is 0 Å². The lowest BCUT2D eigenvalue weighted by Gasteiger charge is -2.32. The van der Waals surface area contributed by atoms with Crippen LogP contribution in [0.5, 0.6) is 11.5 Å². The van der Waals surface area contributed by atoms with Gasteiger partial charge in [0.1, 0.15) is 22.3 Å². The van der Waals surface area contributed by atoms with Gasteiger partial charge in [0.05, 0.1) is 27.4 Å². The normalized spacial score (nSPS) is 12.6. The van der Waals surface area contributed by atoms with E-state index in [1.807, 2.05) is 109 Å². The molecular formula is C58H46O4. The first kappa shape index (κ1) is 41.1. The summed E-state index contributed by atoms with van der Waals surface area (Å²) < 4.78 is 11.1. The van der Waals surface area contributed by atoms with Crippen molar-refractivity contribution < 1.29 is 19.7 Å². The highest BCUT2D eigenvalue weighted by molar-refractivity contribution is 5.69. The average molecular weight is 807 g/mol. The summed E-state index contributed by atoms with van der Waals surface area (Å²) in [5.74, 6) is 16.0. The van der Waals surface area contributed by atoms with Crippen molar-refractivity contribution in [2.75, 3.05) is 14.2 Å². The van der Waals surface area contributed by atoms with Crippen LogP contribution in [-0.2, 0) is 24.0 Å². The highest BCUT2D eigenvalue weighted by atomic mass is 16.5. The SMILES string of the molecule is COc1ccc(C(C#Cc2ccccc2)(c2ccc(CO)cc2)c2ccc(-c3ccc(C(C#Cc4ccccc4)(c4ccc(CO)cc4)c4ccc(OC)cc4)cc3)cc2)cc1. The molecule has 2 N–H and O–H groups in total. The number of aliphatic hydroxyl groups excluding tert-OH is 2. The summed E-state index contributed by atoms with van der Waals surface area (Å²) in [5.41, 5.74) is 9.83. The van der Waals surface area contributed by atoms with Gasteiger partial charge in [0.2, 0.25) is 0 Å². The van der Waals surface area contributed by atoms with Crippen LogP contribution in [0.25, 0.3) is 11.1 Å². The highest BCUT2D eigenvalue weighted by Crippen LogP contribution is 2.43. The molecule has 0 spiro atoms. The van der Waals surface area contributed by atoms with Crippen LogP contribution in [0.15, 0.2) is 206 Å². The van der Waals surface area contributed by atoms with Crippen LogP contribution in [0.4, 0.5) is 0 Å². The fourth-order valence-corrected chi connectivity index (χ4v) is 8.04. The van der Waals surface area contributed by atoms with Crippen molar-refractivity contribution in [2.24, 2.45) is 0 Å². The van der Waals surface area contributed by atoms with Crippen molar-refractivity contribution in [3.63, 3.8) is 0 Å². The number of benzene rings is 8. The Morgan fingerprint density at radius 2 is 0.629 bits per heavy atom. The third-order valence-electron chi connectivity index (χ3n) is 11.5. The lowest BCUT2D eigenvalue weighted by Crippen LogP contribution is -2.28. The Bertz CT molecular complexity index is 2530. The molecule has 0 aliphatic carbocycles. The molecule has 4 nitrogen and oxygen atoms in total. The van der Waals surface area contributed by atoms with Gasteiger partial charge in [-0.15, -0.1) is 0 Å². The lowest BCUT2D eigenvalue weighted by atomic mass is 9.69. The molecule has 0 amide bonds. The zero-order chi connectivity index (χ0) is 42.8. The van der Waals surface area contributed by atoms with Crippen LogP contribution in [0.2, 0.25) is 0 Å². The first-order valence-electron chi connectivity index (χ1n) is 20.6. The maximum absolute atomic E-state index is 9.94. The molecule has 4 heteroatoms. The van der Waals surface area contributed by atoms with Crippen LogP contribution >= 0.6 is 0 Å². The molecule has 0 heterocycles. The fourth-order valence-electron chi connectivity index (χ4n) is 8.04.